The SMILES string of the molecule is C=C1C(=O)OC2(C)CCC1CC(O)C(C)=CCC=C(C)CCC2O. The molecule has 4 atom stereocenters. The van der Waals surface area contributed by atoms with Gasteiger partial charge in [-0.3, -0.25) is 0 Å². The first-order chi connectivity index (χ1) is 11.2. The van der Waals surface area contributed by atoms with Crippen molar-refractivity contribution in [2.75, 3.05) is 0 Å². The number of aliphatic hydroxyl groups is 2. The molecule has 2 rings (SSSR count). The molecule has 134 valence electrons. The van der Waals surface area contributed by atoms with Crippen molar-refractivity contribution in [2.45, 2.75) is 77.1 Å². The maximum absolute atomic E-state index is 12.4. The summed E-state index contributed by atoms with van der Waals surface area (Å²) in [6, 6.07) is 0. The van der Waals surface area contributed by atoms with Gasteiger partial charge in [-0.2, -0.15) is 0 Å². The third-order valence-corrected chi connectivity index (χ3v) is 5.53. The molecule has 2 bridgehead atoms. The van der Waals surface area contributed by atoms with Gasteiger partial charge in [-0.05, 0) is 70.8 Å². The lowest BCUT2D eigenvalue weighted by atomic mass is 9.83. The van der Waals surface area contributed by atoms with Gasteiger partial charge in [0.25, 0.3) is 0 Å². The van der Waals surface area contributed by atoms with Crippen molar-refractivity contribution in [3.05, 3.63) is 35.5 Å². The van der Waals surface area contributed by atoms with E-state index in [0.717, 1.165) is 18.4 Å². The minimum Gasteiger partial charge on any atom is -0.453 e. The Labute approximate surface area is 144 Å². The molecule has 0 aromatic carbocycles. The zero-order valence-corrected chi connectivity index (χ0v) is 15.0. The summed E-state index contributed by atoms with van der Waals surface area (Å²) in [5, 5.41) is 21.1. The Hall–Kier alpha value is -1.39. The maximum Gasteiger partial charge on any atom is 0.334 e. The fourth-order valence-electron chi connectivity index (χ4n) is 3.43. The van der Waals surface area contributed by atoms with Gasteiger partial charge in [0, 0.05) is 5.57 Å². The van der Waals surface area contributed by atoms with Gasteiger partial charge in [0.05, 0.1) is 12.2 Å². The predicted molar refractivity (Wildman–Crippen MR) is 94.4 cm³/mol. The van der Waals surface area contributed by atoms with Crippen LogP contribution in [0.5, 0.6) is 0 Å². The Morgan fingerprint density at radius 3 is 2.67 bits per heavy atom. The smallest absolute Gasteiger partial charge is 0.334 e. The van der Waals surface area contributed by atoms with E-state index in [1.807, 2.05) is 19.9 Å². The summed E-state index contributed by atoms with van der Waals surface area (Å²) in [5.41, 5.74) is 1.62. The summed E-state index contributed by atoms with van der Waals surface area (Å²) in [7, 11) is 0. The number of carbonyl (C=O) groups excluding carboxylic acids is 1. The largest absolute Gasteiger partial charge is 0.453 e. The van der Waals surface area contributed by atoms with Crippen LogP contribution >= 0.6 is 0 Å². The van der Waals surface area contributed by atoms with E-state index in [2.05, 4.69) is 12.7 Å². The fourth-order valence-corrected chi connectivity index (χ4v) is 3.43. The molecule has 1 heterocycles. The van der Waals surface area contributed by atoms with Crippen LogP contribution in [0.15, 0.2) is 35.5 Å². The van der Waals surface area contributed by atoms with E-state index >= 15 is 0 Å². The van der Waals surface area contributed by atoms with Crippen LogP contribution in [0, 0.1) is 5.92 Å². The Kier molecular flexibility index (Phi) is 6.05. The number of aliphatic hydroxyl groups excluding tert-OH is 2. The molecule has 1 aliphatic carbocycles. The highest BCUT2D eigenvalue weighted by molar-refractivity contribution is 5.89. The highest BCUT2D eigenvalue weighted by Gasteiger charge is 2.41. The standard InChI is InChI=1S/C20H30O4/c1-13-6-5-7-14(2)17(21)12-16-10-11-20(4,18(22)9-8-13)24-19(23)15(16)3/h6-7,16-18,21-22H,3,5,8-12H2,1-2,4H3. The highest BCUT2D eigenvalue weighted by Crippen LogP contribution is 2.37. The summed E-state index contributed by atoms with van der Waals surface area (Å²) >= 11 is 0. The summed E-state index contributed by atoms with van der Waals surface area (Å²) in [5.74, 6) is -0.569. The molecule has 4 heteroatoms. The minimum absolute atomic E-state index is 0.120. The topological polar surface area (TPSA) is 66.8 Å². The first kappa shape index (κ1) is 18.9. The molecule has 0 aromatic heterocycles. The van der Waals surface area contributed by atoms with Gasteiger partial charge in [0.1, 0.15) is 5.60 Å². The highest BCUT2D eigenvalue weighted by atomic mass is 16.6. The van der Waals surface area contributed by atoms with E-state index in [9.17, 15) is 15.0 Å². The number of hydrogen-bond acceptors (Lipinski definition) is 4. The Bertz CT molecular complexity index is 560. The van der Waals surface area contributed by atoms with E-state index in [4.69, 9.17) is 4.74 Å². The fraction of sp³-hybridized carbons (Fsp3) is 0.650. The normalized spacial score (nSPS) is 36.3. The molecule has 4 unspecified atom stereocenters. The maximum atomic E-state index is 12.4. The van der Waals surface area contributed by atoms with E-state index in [-0.39, 0.29) is 5.92 Å². The summed E-state index contributed by atoms with van der Waals surface area (Å²) < 4.78 is 5.62. The van der Waals surface area contributed by atoms with E-state index in [0.29, 0.717) is 31.3 Å². The molecule has 0 aromatic rings. The van der Waals surface area contributed by atoms with Gasteiger partial charge >= 0.3 is 5.97 Å². The van der Waals surface area contributed by atoms with E-state index < -0.39 is 23.8 Å². The lowest BCUT2D eigenvalue weighted by Crippen LogP contribution is -2.43. The average molecular weight is 334 g/mol. The first-order valence-corrected chi connectivity index (χ1v) is 8.83. The van der Waals surface area contributed by atoms with Crippen LogP contribution in [0.1, 0.15) is 59.3 Å². The molecule has 1 fully saturated rings. The molecule has 0 amide bonds. The minimum atomic E-state index is -0.894. The number of esters is 1. The third kappa shape index (κ3) is 4.37. The molecule has 0 saturated carbocycles. The molecule has 4 nitrogen and oxygen atoms in total. The van der Waals surface area contributed by atoms with Crippen LogP contribution in [-0.2, 0) is 9.53 Å². The number of allylic oxidation sites excluding steroid dienone is 3. The van der Waals surface area contributed by atoms with Crippen LogP contribution in [0.3, 0.4) is 0 Å². The molecule has 24 heavy (non-hydrogen) atoms. The van der Waals surface area contributed by atoms with Crippen LogP contribution in [0.2, 0.25) is 0 Å². The van der Waals surface area contributed by atoms with Gasteiger partial charge in [0.15, 0.2) is 0 Å². The number of ether oxygens (including phenoxy) is 1. The van der Waals surface area contributed by atoms with Gasteiger partial charge in [-0.15, -0.1) is 0 Å². The van der Waals surface area contributed by atoms with Gasteiger partial charge in [-0.1, -0.05) is 24.3 Å². The second-order valence-electron chi connectivity index (χ2n) is 7.50. The van der Waals surface area contributed by atoms with Gasteiger partial charge in [0.2, 0.25) is 0 Å². The molecule has 0 spiro atoms. The molecule has 1 saturated heterocycles. The molecule has 2 aliphatic rings. The summed E-state index contributed by atoms with van der Waals surface area (Å²) in [6.45, 7) is 9.66. The molecule has 0 radical (unpaired) electrons. The van der Waals surface area contributed by atoms with E-state index in [1.54, 1.807) is 6.92 Å². The zero-order valence-electron chi connectivity index (χ0n) is 15.0. The Morgan fingerprint density at radius 2 is 1.96 bits per heavy atom. The molecular formula is C20H30O4. The van der Waals surface area contributed by atoms with Crippen LogP contribution < -0.4 is 0 Å². The second-order valence-corrected chi connectivity index (χ2v) is 7.50. The summed E-state index contributed by atoms with van der Waals surface area (Å²) in [4.78, 5) is 12.4. The first-order valence-electron chi connectivity index (χ1n) is 8.83. The van der Waals surface area contributed by atoms with Crippen molar-refractivity contribution in [2.24, 2.45) is 5.92 Å². The number of hydrogen-bond donors (Lipinski definition) is 2. The lowest BCUT2D eigenvalue weighted by molar-refractivity contribution is -0.165. The number of carbonyl (C=O) groups is 1. The van der Waals surface area contributed by atoms with Gasteiger partial charge < -0.3 is 14.9 Å². The second kappa shape index (κ2) is 7.66. The van der Waals surface area contributed by atoms with Crippen molar-refractivity contribution in [3.8, 4) is 0 Å². The predicted octanol–water partition coefficient (Wildman–Crippen LogP) is 3.44. The Morgan fingerprint density at radius 1 is 1.25 bits per heavy atom. The van der Waals surface area contributed by atoms with Crippen molar-refractivity contribution < 1.29 is 19.7 Å². The zero-order chi connectivity index (χ0) is 17.9. The molecule has 2 N–H and O–H groups in total. The van der Waals surface area contributed by atoms with E-state index in [1.165, 1.54) is 5.57 Å². The number of rotatable bonds is 0. The molecular weight excluding hydrogens is 304 g/mol. The van der Waals surface area contributed by atoms with Crippen LogP contribution in [-0.4, -0.2) is 34.0 Å². The van der Waals surface area contributed by atoms with Crippen LogP contribution in [0.25, 0.3) is 0 Å². The van der Waals surface area contributed by atoms with Crippen molar-refractivity contribution in [3.63, 3.8) is 0 Å². The third-order valence-electron chi connectivity index (χ3n) is 5.53. The van der Waals surface area contributed by atoms with Crippen LogP contribution in [0.4, 0.5) is 0 Å². The van der Waals surface area contributed by atoms with Crippen molar-refractivity contribution >= 4 is 5.97 Å². The lowest BCUT2D eigenvalue weighted by Gasteiger charge is -2.33. The van der Waals surface area contributed by atoms with Crippen molar-refractivity contribution in [1.82, 2.24) is 0 Å². The Balaban J connectivity index is 2.33. The average Bonchev–Trinajstić information content (AvgIpc) is 2.64. The number of fused-ring (bicyclic) bond motifs is 3. The monoisotopic (exact) mass is 334 g/mol. The van der Waals surface area contributed by atoms with Crippen molar-refractivity contribution in [1.29, 1.82) is 0 Å². The van der Waals surface area contributed by atoms with Gasteiger partial charge in [-0.25, -0.2) is 4.79 Å². The molecule has 1 aliphatic heterocycles. The quantitative estimate of drug-likeness (QED) is 0.404. The summed E-state index contributed by atoms with van der Waals surface area (Å²) in [6.07, 6.45) is 6.65.